The standard InChI is InChI=1S/C66H63N/c1-63(2,3)45-30-34-53-54-35-31-46(64(4,5)6)39-60(54)66(59(53)38-45)57-24-16-13-22-51(57)55-37-33-48(41-61(55)66)67(47-32-36-52-50-21-12-15-23-56(50)65(7,8)58(52)40-47)62-25-17-14-20-49(62)44-28-26-43(27-29-44)42-18-10-9-11-19-42/h12-17,20-42H,9-11,18-19H2,1-8H3/i42D. The Morgan fingerprint density at radius 1 is 0.433 bits per heavy atom. The van der Waals surface area contributed by atoms with Gasteiger partial charge in [0.15, 0.2) is 0 Å². The molecule has 0 saturated heterocycles. The first-order valence-corrected chi connectivity index (χ1v) is 24.9. The van der Waals surface area contributed by atoms with Gasteiger partial charge in [0.05, 0.1) is 11.1 Å². The Bertz CT molecular complexity index is 3260. The van der Waals surface area contributed by atoms with Crippen molar-refractivity contribution in [1.29, 1.82) is 0 Å². The van der Waals surface area contributed by atoms with Gasteiger partial charge in [0, 0.05) is 23.7 Å². The van der Waals surface area contributed by atoms with Crippen LogP contribution in [0.3, 0.4) is 0 Å². The van der Waals surface area contributed by atoms with E-state index in [1.54, 1.807) is 0 Å². The molecule has 0 amide bonds. The summed E-state index contributed by atoms with van der Waals surface area (Å²) in [5, 5.41) is 0. The van der Waals surface area contributed by atoms with Crippen molar-refractivity contribution in [2.75, 3.05) is 4.90 Å². The number of rotatable bonds is 5. The highest BCUT2D eigenvalue weighted by Crippen LogP contribution is 2.64. The van der Waals surface area contributed by atoms with E-state index in [0.717, 1.165) is 53.9 Å². The number of benzene rings is 8. The lowest BCUT2D eigenvalue weighted by atomic mass is 9.68. The third kappa shape index (κ3) is 6.33. The zero-order valence-corrected chi connectivity index (χ0v) is 40.6. The molecule has 1 fully saturated rings. The van der Waals surface area contributed by atoms with Crippen LogP contribution in [-0.4, -0.2) is 0 Å². The second-order valence-corrected chi connectivity index (χ2v) is 22.5. The highest BCUT2D eigenvalue weighted by atomic mass is 15.1. The number of hydrogen-bond donors (Lipinski definition) is 0. The van der Waals surface area contributed by atoms with E-state index in [9.17, 15) is 1.37 Å². The van der Waals surface area contributed by atoms with Crippen LogP contribution in [-0.2, 0) is 21.7 Å². The summed E-state index contributed by atoms with van der Waals surface area (Å²) < 4.78 is 9.46. The predicted octanol–water partition coefficient (Wildman–Crippen LogP) is 18.1. The smallest absolute Gasteiger partial charge is 0.0726 e. The van der Waals surface area contributed by atoms with Crippen LogP contribution in [0, 0.1) is 0 Å². The molecule has 0 aliphatic heterocycles. The van der Waals surface area contributed by atoms with Crippen LogP contribution < -0.4 is 4.90 Å². The summed E-state index contributed by atoms with van der Waals surface area (Å²) in [5.74, 6) is -0.506. The third-order valence-electron chi connectivity index (χ3n) is 16.2. The molecule has 0 aromatic heterocycles. The molecule has 8 aromatic carbocycles. The highest BCUT2D eigenvalue weighted by Gasteiger charge is 2.52. The van der Waals surface area contributed by atoms with E-state index in [-0.39, 0.29) is 16.2 Å². The quantitative estimate of drug-likeness (QED) is 0.167. The minimum atomic E-state index is -0.525. The van der Waals surface area contributed by atoms with Crippen LogP contribution in [0.15, 0.2) is 170 Å². The maximum absolute atomic E-state index is 9.46. The number of hydrogen-bond acceptors (Lipinski definition) is 1. The van der Waals surface area contributed by atoms with Crippen molar-refractivity contribution in [3.8, 4) is 44.5 Å². The zero-order valence-electron chi connectivity index (χ0n) is 41.6. The maximum atomic E-state index is 9.46. The number of fused-ring (bicyclic) bond motifs is 13. The molecule has 0 unspecified atom stereocenters. The minimum absolute atomic E-state index is 0.0261. The molecule has 1 spiro atoms. The molecule has 67 heavy (non-hydrogen) atoms. The van der Waals surface area contributed by atoms with Gasteiger partial charge in [0.25, 0.3) is 0 Å². The van der Waals surface area contributed by atoms with E-state index in [4.69, 9.17) is 0 Å². The van der Waals surface area contributed by atoms with Crippen LogP contribution in [0.1, 0.15) is 145 Å². The van der Waals surface area contributed by atoms with Gasteiger partial charge in [-0.05, 0) is 149 Å². The van der Waals surface area contributed by atoms with E-state index in [2.05, 4.69) is 230 Å². The summed E-state index contributed by atoms with van der Waals surface area (Å²) in [6.45, 7) is 18.8. The average Bonchev–Trinajstić information content (AvgIpc) is 3.89. The first-order chi connectivity index (χ1) is 32.6. The summed E-state index contributed by atoms with van der Waals surface area (Å²) in [7, 11) is 0. The van der Waals surface area contributed by atoms with Gasteiger partial charge in [-0.1, -0.05) is 214 Å². The summed E-state index contributed by atoms with van der Waals surface area (Å²) in [6, 6.07) is 65.5. The van der Waals surface area contributed by atoms with Crippen LogP contribution in [0.5, 0.6) is 0 Å². The van der Waals surface area contributed by atoms with E-state index >= 15 is 0 Å². The van der Waals surface area contributed by atoms with E-state index < -0.39 is 11.3 Å². The van der Waals surface area contributed by atoms with E-state index in [0.29, 0.717) is 0 Å². The third-order valence-corrected chi connectivity index (χ3v) is 16.2. The molecule has 1 saturated carbocycles. The monoisotopic (exact) mass is 871 g/mol. The molecule has 1 nitrogen and oxygen atoms in total. The largest absolute Gasteiger partial charge is 0.310 e. The van der Waals surface area contributed by atoms with Gasteiger partial charge in [-0.3, -0.25) is 0 Å². The van der Waals surface area contributed by atoms with Gasteiger partial charge < -0.3 is 4.90 Å². The van der Waals surface area contributed by atoms with Crippen molar-refractivity contribution < 1.29 is 1.37 Å². The Morgan fingerprint density at radius 3 is 1.46 bits per heavy atom. The fourth-order valence-corrected chi connectivity index (χ4v) is 12.6. The highest BCUT2D eigenvalue weighted by molar-refractivity contribution is 5.98. The molecule has 332 valence electrons. The lowest BCUT2D eigenvalue weighted by Crippen LogP contribution is -2.27. The Kier molecular flexibility index (Phi) is 9.16. The molecule has 0 atom stereocenters. The molecule has 0 radical (unpaired) electrons. The summed E-state index contributed by atoms with van der Waals surface area (Å²) in [4.78, 5) is 2.54. The van der Waals surface area contributed by atoms with Gasteiger partial charge in [-0.15, -0.1) is 0 Å². The SMILES string of the molecule is [2H]C1(c2ccc(-c3ccccc3N(c3ccc4c(c3)C(C)(C)c3ccccc3-4)c3ccc4c(c3)C3(c5ccccc5-4)c4cc(C(C)(C)C)ccc4-c4ccc(C(C)(C)C)cc43)cc2)CCCCC1. The van der Waals surface area contributed by atoms with Crippen molar-refractivity contribution in [2.24, 2.45) is 0 Å². The van der Waals surface area contributed by atoms with E-state index in [1.807, 2.05) is 0 Å². The van der Waals surface area contributed by atoms with Crippen molar-refractivity contribution in [3.63, 3.8) is 0 Å². The molecule has 12 rings (SSSR count). The molecule has 8 aromatic rings. The molecule has 0 heterocycles. The Hall–Kier alpha value is -6.44. The van der Waals surface area contributed by atoms with Gasteiger partial charge in [-0.25, -0.2) is 0 Å². The molecule has 0 N–H and O–H groups in total. The first-order valence-electron chi connectivity index (χ1n) is 25.4. The molecule has 1 heteroatoms. The Balaban J connectivity index is 1.12. The fourth-order valence-electron chi connectivity index (χ4n) is 12.6. The maximum Gasteiger partial charge on any atom is 0.0726 e. The average molecular weight is 871 g/mol. The molecule has 4 aliphatic carbocycles. The van der Waals surface area contributed by atoms with Gasteiger partial charge in [0.1, 0.15) is 0 Å². The normalized spacial score (nSPS) is 16.9. The Morgan fingerprint density at radius 2 is 0.881 bits per heavy atom. The van der Waals surface area contributed by atoms with Gasteiger partial charge >= 0.3 is 0 Å². The van der Waals surface area contributed by atoms with Gasteiger partial charge in [0.2, 0.25) is 0 Å². The predicted molar refractivity (Wildman–Crippen MR) is 284 cm³/mol. The summed E-state index contributed by atoms with van der Waals surface area (Å²) >= 11 is 0. The van der Waals surface area contributed by atoms with Crippen molar-refractivity contribution in [1.82, 2.24) is 0 Å². The lowest BCUT2D eigenvalue weighted by molar-refractivity contribution is 0.443. The topological polar surface area (TPSA) is 3.24 Å². The number of anilines is 3. The molecule has 0 bridgehead atoms. The van der Waals surface area contributed by atoms with Crippen LogP contribution in [0.25, 0.3) is 44.5 Å². The first kappa shape index (κ1) is 40.8. The minimum Gasteiger partial charge on any atom is -0.310 e. The molecular weight excluding hydrogens is 807 g/mol. The fraction of sp³-hybridized carbons (Fsp3) is 0.273. The van der Waals surface area contributed by atoms with Crippen LogP contribution in [0.2, 0.25) is 0 Å². The summed E-state index contributed by atoms with van der Waals surface area (Å²) in [5.41, 5.74) is 24.9. The molecule has 4 aliphatic rings. The van der Waals surface area contributed by atoms with Crippen molar-refractivity contribution >= 4 is 17.1 Å². The van der Waals surface area contributed by atoms with Gasteiger partial charge in [-0.2, -0.15) is 0 Å². The van der Waals surface area contributed by atoms with Crippen LogP contribution >= 0.6 is 0 Å². The van der Waals surface area contributed by atoms with Crippen molar-refractivity contribution in [3.05, 3.63) is 220 Å². The number of nitrogens with zero attached hydrogens (tertiary/aromatic N) is 1. The molecular formula is C66H63N. The van der Waals surface area contributed by atoms with Crippen molar-refractivity contribution in [2.45, 2.75) is 115 Å². The van der Waals surface area contributed by atoms with Crippen LogP contribution in [0.4, 0.5) is 17.1 Å². The van der Waals surface area contributed by atoms with E-state index in [1.165, 1.54) is 89.9 Å². The summed E-state index contributed by atoms with van der Waals surface area (Å²) in [6.07, 6.45) is 5.36. The Labute approximate surface area is 401 Å². The second-order valence-electron chi connectivity index (χ2n) is 22.5. The second kappa shape index (κ2) is 15.0. The zero-order chi connectivity index (χ0) is 47.0. The lowest BCUT2D eigenvalue weighted by Gasteiger charge is -2.34. The number of para-hydroxylation sites is 1.